The molecule has 3 aromatic carbocycles. The molecule has 0 spiro atoms. The molecule has 0 radical (unpaired) electrons. The van der Waals surface area contributed by atoms with Crippen LogP contribution in [0.15, 0.2) is 60.7 Å². The molecule has 6 heteroatoms. The van der Waals surface area contributed by atoms with Gasteiger partial charge >= 0.3 is 0 Å². The van der Waals surface area contributed by atoms with E-state index in [0.29, 0.717) is 34.6 Å². The Morgan fingerprint density at radius 2 is 1.69 bits per heavy atom. The number of anilines is 1. The van der Waals surface area contributed by atoms with E-state index in [-0.39, 0.29) is 5.91 Å². The van der Waals surface area contributed by atoms with Crippen LogP contribution in [0.2, 0.25) is 5.02 Å². The van der Waals surface area contributed by atoms with Gasteiger partial charge in [0.2, 0.25) is 5.91 Å². The zero-order valence-electron chi connectivity index (χ0n) is 18.6. The average Bonchev–Trinajstić information content (AvgIpc) is 2.79. The van der Waals surface area contributed by atoms with Crippen LogP contribution in [-0.4, -0.2) is 20.1 Å². The van der Waals surface area contributed by atoms with E-state index in [9.17, 15) is 4.79 Å². The average molecular weight is 452 g/mol. The van der Waals surface area contributed by atoms with E-state index in [1.165, 1.54) is 18.7 Å². The quantitative estimate of drug-likeness (QED) is 0.414. The first-order valence-electron chi connectivity index (χ1n) is 10.1. The van der Waals surface area contributed by atoms with Gasteiger partial charge in [-0.3, -0.25) is 4.79 Å². The number of methoxy groups -OCH3 is 2. The molecule has 3 rings (SSSR count). The second-order valence-corrected chi connectivity index (χ2v) is 7.66. The van der Waals surface area contributed by atoms with Gasteiger partial charge in [-0.2, -0.15) is 0 Å². The van der Waals surface area contributed by atoms with Crippen LogP contribution in [-0.2, 0) is 11.4 Å². The Kier molecular flexibility index (Phi) is 7.79. The molecular weight excluding hydrogens is 426 g/mol. The van der Waals surface area contributed by atoms with Crippen LogP contribution >= 0.6 is 11.6 Å². The van der Waals surface area contributed by atoms with E-state index >= 15 is 0 Å². The summed E-state index contributed by atoms with van der Waals surface area (Å²) in [5, 5.41) is 3.39. The number of hydrogen-bond donors (Lipinski definition) is 1. The van der Waals surface area contributed by atoms with Crippen LogP contribution in [0.1, 0.15) is 22.3 Å². The number of benzene rings is 3. The molecule has 0 bridgehead atoms. The summed E-state index contributed by atoms with van der Waals surface area (Å²) in [6.07, 6.45) is 3.16. The zero-order chi connectivity index (χ0) is 23.1. The number of carbonyl (C=O) groups is 1. The molecule has 0 unspecified atom stereocenters. The molecule has 0 saturated heterocycles. The third-order valence-corrected chi connectivity index (χ3v) is 5.41. The minimum absolute atomic E-state index is 0.288. The standard InChI is InChI=1S/C26H26ClNO4/c1-17-7-5-6-8-20(17)16-32-23-11-9-19(14-25(23)31-4)10-12-26(29)28-22-13-18(2)21(27)15-24(22)30-3/h5-15H,16H2,1-4H3,(H,28,29)/b12-10+. The summed E-state index contributed by atoms with van der Waals surface area (Å²) < 4.78 is 16.7. The fourth-order valence-corrected chi connectivity index (χ4v) is 3.26. The molecule has 0 aliphatic rings. The van der Waals surface area contributed by atoms with Crippen molar-refractivity contribution in [2.75, 3.05) is 19.5 Å². The number of nitrogens with one attached hydrogen (secondary N) is 1. The van der Waals surface area contributed by atoms with Gasteiger partial charge in [-0.1, -0.05) is 41.9 Å². The maximum atomic E-state index is 12.4. The molecule has 0 saturated carbocycles. The van der Waals surface area contributed by atoms with Crippen molar-refractivity contribution in [1.82, 2.24) is 0 Å². The van der Waals surface area contributed by atoms with Crippen LogP contribution in [0.5, 0.6) is 17.2 Å². The van der Waals surface area contributed by atoms with E-state index in [0.717, 1.165) is 16.7 Å². The predicted molar refractivity (Wildman–Crippen MR) is 129 cm³/mol. The fraction of sp³-hybridized carbons (Fsp3) is 0.192. The van der Waals surface area contributed by atoms with Gasteiger partial charge in [0, 0.05) is 17.2 Å². The summed E-state index contributed by atoms with van der Waals surface area (Å²) >= 11 is 6.12. The highest BCUT2D eigenvalue weighted by atomic mass is 35.5. The van der Waals surface area contributed by atoms with Crippen molar-refractivity contribution in [3.63, 3.8) is 0 Å². The fourth-order valence-electron chi connectivity index (χ4n) is 3.11. The maximum absolute atomic E-state index is 12.4. The molecule has 0 aliphatic carbocycles. The lowest BCUT2D eigenvalue weighted by molar-refractivity contribution is -0.111. The van der Waals surface area contributed by atoms with Crippen LogP contribution in [0, 0.1) is 13.8 Å². The van der Waals surface area contributed by atoms with Crippen molar-refractivity contribution < 1.29 is 19.0 Å². The van der Waals surface area contributed by atoms with Crippen molar-refractivity contribution in [1.29, 1.82) is 0 Å². The van der Waals surface area contributed by atoms with E-state index < -0.39 is 0 Å². The van der Waals surface area contributed by atoms with Crippen LogP contribution in [0.4, 0.5) is 5.69 Å². The van der Waals surface area contributed by atoms with Gasteiger partial charge in [0.25, 0.3) is 0 Å². The Morgan fingerprint density at radius 1 is 0.938 bits per heavy atom. The van der Waals surface area contributed by atoms with Gasteiger partial charge < -0.3 is 19.5 Å². The van der Waals surface area contributed by atoms with Crippen molar-refractivity contribution in [2.24, 2.45) is 0 Å². The number of ether oxygens (including phenoxy) is 3. The number of carbonyl (C=O) groups excluding carboxylic acids is 1. The van der Waals surface area contributed by atoms with Gasteiger partial charge in [-0.05, 0) is 60.4 Å². The lowest BCUT2D eigenvalue weighted by atomic mass is 10.1. The summed E-state index contributed by atoms with van der Waals surface area (Å²) in [6, 6.07) is 17.1. The maximum Gasteiger partial charge on any atom is 0.248 e. The van der Waals surface area contributed by atoms with Crippen molar-refractivity contribution in [3.8, 4) is 17.2 Å². The SMILES string of the molecule is COc1cc(Cl)c(C)cc1NC(=O)/C=C/c1ccc(OCc2ccccc2C)c(OC)c1. The van der Waals surface area contributed by atoms with Crippen LogP contribution < -0.4 is 19.5 Å². The number of hydrogen-bond acceptors (Lipinski definition) is 4. The Morgan fingerprint density at radius 3 is 2.41 bits per heavy atom. The lowest BCUT2D eigenvalue weighted by Gasteiger charge is -2.13. The van der Waals surface area contributed by atoms with Crippen molar-refractivity contribution in [2.45, 2.75) is 20.5 Å². The predicted octanol–water partition coefficient (Wildman–Crippen LogP) is 6.20. The third-order valence-electron chi connectivity index (χ3n) is 5.00. The Balaban J connectivity index is 1.69. The molecule has 1 N–H and O–H groups in total. The van der Waals surface area contributed by atoms with Gasteiger partial charge in [0.05, 0.1) is 19.9 Å². The third kappa shape index (κ3) is 5.83. The number of halogens is 1. The first-order valence-corrected chi connectivity index (χ1v) is 10.5. The van der Waals surface area contributed by atoms with Crippen molar-refractivity contribution >= 4 is 29.3 Å². The van der Waals surface area contributed by atoms with Crippen molar-refractivity contribution in [3.05, 3.63) is 87.9 Å². The minimum Gasteiger partial charge on any atom is -0.495 e. The largest absolute Gasteiger partial charge is 0.495 e. The molecule has 0 fully saturated rings. The van der Waals surface area contributed by atoms with Gasteiger partial charge in [0.1, 0.15) is 12.4 Å². The second kappa shape index (κ2) is 10.7. The lowest BCUT2D eigenvalue weighted by Crippen LogP contribution is -2.09. The van der Waals surface area contributed by atoms with E-state index in [1.807, 2.05) is 43.3 Å². The first kappa shape index (κ1) is 23.2. The van der Waals surface area contributed by atoms with E-state index in [2.05, 4.69) is 18.3 Å². The molecule has 32 heavy (non-hydrogen) atoms. The molecule has 1 amide bonds. The summed E-state index contributed by atoms with van der Waals surface area (Å²) in [7, 11) is 3.12. The monoisotopic (exact) mass is 451 g/mol. The van der Waals surface area contributed by atoms with E-state index in [4.69, 9.17) is 25.8 Å². The van der Waals surface area contributed by atoms with Gasteiger partial charge in [0.15, 0.2) is 11.5 Å². The first-order chi connectivity index (χ1) is 15.4. The van der Waals surface area contributed by atoms with Crippen LogP contribution in [0.3, 0.4) is 0 Å². The number of amides is 1. The van der Waals surface area contributed by atoms with Gasteiger partial charge in [-0.25, -0.2) is 0 Å². The summed E-state index contributed by atoms with van der Waals surface area (Å²) in [5.41, 5.74) is 4.49. The molecular formula is C26H26ClNO4. The van der Waals surface area contributed by atoms with Crippen LogP contribution in [0.25, 0.3) is 6.08 Å². The molecule has 5 nitrogen and oxygen atoms in total. The highest BCUT2D eigenvalue weighted by molar-refractivity contribution is 6.31. The van der Waals surface area contributed by atoms with Gasteiger partial charge in [-0.15, -0.1) is 0 Å². The molecule has 0 heterocycles. The Hall–Kier alpha value is -3.44. The summed E-state index contributed by atoms with van der Waals surface area (Å²) in [6.45, 7) is 4.36. The number of rotatable bonds is 8. The minimum atomic E-state index is -0.288. The zero-order valence-corrected chi connectivity index (χ0v) is 19.3. The van der Waals surface area contributed by atoms with E-state index in [1.54, 1.807) is 25.3 Å². The topological polar surface area (TPSA) is 56.8 Å². The molecule has 0 atom stereocenters. The highest BCUT2D eigenvalue weighted by Crippen LogP contribution is 2.31. The normalized spacial score (nSPS) is 10.8. The molecule has 0 aliphatic heterocycles. The summed E-state index contributed by atoms with van der Waals surface area (Å²) in [5.74, 6) is 1.44. The Labute approximate surface area is 193 Å². The molecule has 166 valence electrons. The number of aryl methyl sites for hydroxylation is 2. The highest BCUT2D eigenvalue weighted by Gasteiger charge is 2.10. The summed E-state index contributed by atoms with van der Waals surface area (Å²) in [4.78, 5) is 12.4. The smallest absolute Gasteiger partial charge is 0.248 e. The Bertz CT molecular complexity index is 1140. The molecule has 3 aromatic rings. The molecule has 0 aromatic heterocycles. The second-order valence-electron chi connectivity index (χ2n) is 7.25.